The molecule has 4 aliphatic heterocycles. The molecule has 26 heteroatoms. The molecule has 582 valence electrons. The number of halogens is 7. The zero-order valence-electron chi connectivity index (χ0n) is 62.8. The van der Waals surface area contributed by atoms with E-state index >= 15 is 0 Å². The number of rotatable bonds is 14. The number of allylic oxidation sites excluding steroid dienone is 8. The topological polar surface area (TPSA) is 207 Å². The van der Waals surface area contributed by atoms with Crippen LogP contribution in [0.5, 0.6) is 0 Å². The summed E-state index contributed by atoms with van der Waals surface area (Å²) in [5.74, 6) is -7.25. The molecule has 0 saturated carbocycles. The van der Waals surface area contributed by atoms with Crippen molar-refractivity contribution in [1.29, 1.82) is 0 Å². The first-order valence-electron chi connectivity index (χ1n) is 37.4. The Balaban J connectivity index is 0.000000132. The van der Waals surface area contributed by atoms with Gasteiger partial charge in [-0.25, -0.2) is 30.7 Å². The fourth-order valence-electron chi connectivity index (χ4n) is 14.9. The number of aryl methyl sites for hydroxylation is 1. The standard InChI is InChI=1S/C23H23F2N3O2.C22H21F2N3O2.C21H19F2N3O2.C21H19FN2O2/c1-14(2)27-9-11-28(12-10-27)21-20(26-19-8-7-15(24)13-18(19)25)22(29)16-5-3-4-6-17(16)23(21)30;1-2-26-9-11-27(12-10-26)20-19(25-18-8-7-14(23)13-17(18)24)21(28)15-5-3-4-6-16(15)22(20)29;1-25-8-10-26(11-9-25)19-18(24-17-7-6-13(22)12-16(17)23)20(27)14-4-2-3-5-15(14)21(19)28;1-13-12-14(22)8-9-17(13)23-18-19(24-10-4-5-11-24)21(26)16-7-3-2-6-15(16)20(18)25/h3-8,13-14,26H,9-12H2,1-2H3;3-8,13,25H,2,9-12H2,1H3;2-7,12,24H,8-11H2,1H3;2-3,6-9,12,23H,4-5,10-11H2,1H3. The van der Waals surface area contributed by atoms with Gasteiger partial charge in [0, 0.05) is 166 Å². The van der Waals surface area contributed by atoms with Crippen LogP contribution in [0.4, 0.5) is 53.5 Å². The molecule has 4 heterocycles. The molecule has 0 atom stereocenters. The molecule has 8 aromatic rings. The summed E-state index contributed by atoms with van der Waals surface area (Å²) >= 11 is 0. The van der Waals surface area contributed by atoms with E-state index in [1.54, 1.807) is 110 Å². The number of nitrogens with zero attached hydrogens (tertiary/aromatic N) is 7. The fraction of sp³-hybridized carbons (Fsp3) is 0.264. The van der Waals surface area contributed by atoms with Crippen molar-refractivity contribution in [2.24, 2.45) is 0 Å². The molecule has 8 aromatic carbocycles. The van der Waals surface area contributed by atoms with E-state index in [0.717, 1.165) is 108 Å². The highest BCUT2D eigenvalue weighted by molar-refractivity contribution is 6.30. The van der Waals surface area contributed by atoms with Crippen molar-refractivity contribution in [3.63, 3.8) is 0 Å². The minimum atomic E-state index is -0.829. The number of carbonyl (C=O) groups excluding carboxylic acids is 8. The summed E-state index contributed by atoms with van der Waals surface area (Å²) in [7, 11) is 1.99. The van der Waals surface area contributed by atoms with Crippen LogP contribution >= 0.6 is 0 Å². The second kappa shape index (κ2) is 34.2. The summed E-state index contributed by atoms with van der Waals surface area (Å²) in [6.45, 7) is 18.5. The summed E-state index contributed by atoms with van der Waals surface area (Å²) < 4.78 is 96.0. The Bertz CT molecular complexity index is 5280. The van der Waals surface area contributed by atoms with E-state index < -0.39 is 34.9 Å². The molecule has 16 rings (SSSR count). The van der Waals surface area contributed by atoms with E-state index in [1.165, 1.54) is 30.3 Å². The smallest absolute Gasteiger partial charge is 0.212 e. The zero-order valence-corrected chi connectivity index (χ0v) is 62.8. The maximum absolute atomic E-state index is 14.3. The Labute approximate surface area is 648 Å². The molecule has 4 saturated heterocycles. The highest BCUT2D eigenvalue weighted by Crippen LogP contribution is 2.37. The molecule has 0 spiro atoms. The molecule has 0 amide bonds. The normalized spacial score (nSPS) is 17.5. The lowest BCUT2D eigenvalue weighted by atomic mass is 9.89. The van der Waals surface area contributed by atoms with Crippen LogP contribution in [0.2, 0.25) is 0 Å². The SMILES string of the molecule is CC(C)N1CCN(C2=C(Nc3ccc(F)cc3F)C(=O)c3ccccc3C2=O)CC1.CCN1CCN(C2=C(Nc3ccc(F)cc3F)C(=O)c3ccccc3C2=O)CC1.CN1CCN(C2=C(Nc3ccc(F)cc3F)C(=O)c3ccccc3C2=O)CC1.Cc1cc(F)ccc1NC1=C(N2CCCC2)C(=O)c2ccccc2C1=O. The molecule has 0 bridgehead atoms. The van der Waals surface area contributed by atoms with Gasteiger partial charge in [0.2, 0.25) is 46.3 Å². The lowest BCUT2D eigenvalue weighted by Gasteiger charge is -2.40. The molecule has 0 radical (unpaired) electrons. The molecule has 113 heavy (non-hydrogen) atoms. The molecule has 4 aliphatic carbocycles. The van der Waals surface area contributed by atoms with Crippen molar-refractivity contribution in [3.8, 4) is 0 Å². The molecule has 4 N–H and O–H groups in total. The minimum absolute atomic E-state index is 0.0266. The maximum atomic E-state index is 14.3. The maximum Gasteiger partial charge on any atom is 0.212 e. The number of Topliss-reactive ketones (excluding diaryl/α,β-unsaturated/α-hetero) is 8. The summed E-state index contributed by atoms with van der Waals surface area (Å²) in [4.78, 5) is 120. The Hall–Kier alpha value is -12.1. The van der Waals surface area contributed by atoms with Crippen molar-refractivity contribution in [3.05, 3.63) is 306 Å². The van der Waals surface area contributed by atoms with Crippen molar-refractivity contribution in [1.82, 2.24) is 34.3 Å². The first kappa shape index (κ1) is 79.0. The van der Waals surface area contributed by atoms with Crippen molar-refractivity contribution in [2.45, 2.75) is 46.6 Å². The van der Waals surface area contributed by atoms with E-state index in [1.807, 2.05) is 26.6 Å². The number of anilines is 4. The quantitative estimate of drug-likeness (QED) is 0.0747. The average Bonchev–Trinajstić information content (AvgIpc) is 1.10. The number of hydrogen-bond donors (Lipinski definition) is 4. The van der Waals surface area contributed by atoms with Gasteiger partial charge in [-0.1, -0.05) is 104 Å². The number of likely N-dealkylation sites (N-methyl/N-ethyl adjacent to an activating group) is 2. The van der Waals surface area contributed by atoms with E-state index in [0.29, 0.717) is 90.1 Å². The summed E-state index contributed by atoms with van der Waals surface area (Å²) in [5.41, 5.74) is 5.37. The minimum Gasteiger partial charge on any atom is -0.367 e. The van der Waals surface area contributed by atoms with Crippen molar-refractivity contribution >= 4 is 69.0 Å². The Kier molecular flexibility index (Phi) is 23.9. The number of nitrogens with one attached hydrogen (secondary N) is 4. The van der Waals surface area contributed by atoms with Gasteiger partial charge in [0.05, 0.1) is 17.1 Å². The van der Waals surface area contributed by atoms with Gasteiger partial charge in [0.15, 0.2) is 0 Å². The Morgan fingerprint density at radius 1 is 0.319 bits per heavy atom. The van der Waals surface area contributed by atoms with E-state index in [2.05, 4.69) is 56.7 Å². The third kappa shape index (κ3) is 16.8. The van der Waals surface area contributed by atoms with Crippen LogP contribution in [0.25, 0.3) is 0 Å². The number of fused-ring (bicyclic) bond motifs is 4. The van der Waals surface area contributed by atoms with Gasteiger partial charge >= 0.3 is 0 Å². The van der Waals surface area contributed by atoms with Crippen LogP contribution in [0.1, 0.15) is 122 Å². The Morgan fingerprint density at radius 3 is 0.858 bits per heavy atom. The van der Waals surface area contributed by atoms with Gasteiger partial charge < -0.3 is 50.7 Å². The summed E-state index contributed by atoms with van der Waals surface area (Å²) in [6.07, 6.45) is 1.99. The monoisotopic (exact) mass is 1540 g/mol. The number of benzene rings is 8. The number of piperazine rings is 3. The second-order valence-corrected chi connectivity index (χ2v) is 28.6. The molecule has 4 fully saturated rings. The molecular weight excluding hydrogens is 1460 g/mol. The summed E-state index contributed by atoms with van der Waals surface area (Å²) in [6, 6.07) is 40.7. The highest BCUT2D eigenvalue weighted by Gasteiger charge is 2.42. The molecular formula is C87H82F7N11O8. The predicted octanol–water partition coefficient (Wildman–Crippen LogP) is 13.8. The van der Waals surface area contributed by atoms with Crippen molar-refractivity contribution in [2.75, 3.05) is 126 Å². The van der Waals surface area contributed by atoms with E-state index in [9.17, 15) is 69.1 Å². The largest absolute Gasteiger partial charge is 0.367 e. The Morgan fingerprint density at radius 2 is 0.575 bits per heavy atom. The molecule has 19 nitrogen and oxygen atoms in total. The number of hydrogen-bond acceptors (Lipinski definition) is 19. The lowest BCUT2D eigenvalue weighted by molar-refractivity contribution is 0.0882. The summed E-state index contributed by atoms with van der Waals surface area (Å²) in [5, 5.41) is 11.5. The molecule has 0 aromatic heterocycles. The van der Waals surface area contributed by atoms with Crippen LogP contribution in [0, 0.1) is 47.6 Å². The van der Waals surface area contributed by atoms with E-state index in [-0.39, 0.29) is 126 Å². The van der Waals surface area contributed by atoms with Gasteiger partial charge in [-0.15, -0.1) is 0 Å². The number of likely N-dealkylation sites (tertiary alicyclic amines) is 1. The molecule has 0 unspecified atom stereocenters. The van der Waals surface area contributed by atoms with Crippen molar-refractivity contribution < 1.29 is 69.1 Å². The zero-order chi connectivity index (χ0) is 80.1. The van der Waals surface area contributed by atoms with Gasteiger partial charge in [-0.2, -0.15) is 0 Å². The van der Waals surface area contributed by atoms with Gasteiger partial charge in [-0.3, -0.25) is 43.3 Å². The van der Waals surface area contributed by atoms with Gasteiger partial charge in [0.1, 0.15) is 86.3 Å². The predicted molar refractivity (Wildman–Crippen MR) is 415 cm³/mol. The number of ketones is 8. The van der Waals surface area contributed by atoms with Crippen LogP contribution in [0.15, 0.2) is 215 Å². The fourth-order valence-corrected chi connectivity index (χ4v) is 14.9. The van der Waals surface area contributed by atoms with Crippen LogP contribution in [0.3, 0.4) is 0 Å². The van der Waals surface area contributed by atoms with Gasteiger partial charge in [0.25, 0.3) is 0 Å². The van der Waals surface area contributed by atoms with E-state index in [4.69, 9.17) is 0 Å². The third-order valence-electron chi connectivity index (χ3n) is 21.1. The first-order valence-corrected chi connectivity index (χ1v) is 37.4. The van der Waals surface area contributed by atoms with Gasteiger partial charge in [-0.05, 0) is 107 Å². The highest BCUT2D eigenvalue weighted by atomic mass is 19.2. The first-order chi connectivity index (χ1) is 54.4. The lowest BCUT2D eigenvalue weighted by Crippen LogP contribution is -2.50. The molecule has 8 aliphatic rings. The van der Waals surface area contributed by atoms with Crippen LogP contribution < -0.4 is 21.3 Å². The second-order valence-electron chi connectivity index (χ2n) is 28.6. The number of carbonyl (C=O) groups is 8. The average molecular weight is 1540 g/mol. The van der Waals surface area contributed by atoms with Crippen LogP contribution in [-0.2, 0) is 0 Å². The third-order valence-corrected chi connectivity index (χ3v) is 21.1. The van der Waals surface area contributed by atoms with Crippen LogP contribution in [-0.4, -0.2) is 192 Å².